The molecule has 0 spiro atoms. The fourth-order valence-electron chi connectivity index (χ4n) is 3.49. The number of carbonyl (C=O) groups excluding carboxylic acids is 4. The maximum absolute atomic E-state index is 13.7. The molecular formula is C25H40N4O5. The first-order chi connectivity index (χ1) is 15.9. The van der Waals surface area contributed by atoms with Gasteiger partial charge >= 0.3 is 6.09 Å². The van der Waals surface area contributed by atoms with E-state index in [0.717, 1.165) is 18.4 Å². The molecule has 1 aromatic rings. The van der Waals surface area contributed by atoms with Gasteiger partial charge in [0.1, 0.15) is 17.7 Å². The number of nitrogens with zero attached hydrogens (tertiary/aromatic N) is 1. The summed E-state index contributed by atoms with van der Waals surface area (Å²) in [5, 5.41) is 5.48. The number of aryl methyl sites for hydroxylation is 1. The normalized spacial score (nSPS) is 12.9. The molecule has 0 bridgehead atoms. The van der Waals surface area contributed by atoms with E-state index in [4.69, 9.17) is 10.5 Å². The standard InChI is InChI=1S/C25H40N4O5/c1-7-9-16-27-22(31)21(18-13-11-10-12-17(18)3)29(8-2)23(32)19(14-15-20(26)30)28-24(33)34-25(4,5)6/h10-13,19,21H,7-9,14-16H2,1-6H3,(H2,26,30)(H,27,31)(H,28,33). The summed E-state index contributed by atoms with van der Waals surface area (Å²) in [7, 11) is 0. The van der Waals surface area contributed by atoms with E-state index < -0.39 is 35.6 Å². The Kier molecular flexibility index (Phi) is 11.5. The van der Waals surface area contributed by atoms with E-state index in [2.05, 4.69) is 10.6 Å². The molecule has 0 radical (unpaired) electrons. The Labute approximate surface area is 202 Å². The Morgan fingerprint density at radius 1 is 1.12 bits per heavy atom. The van der Waals surface area contributed by atoms with Crippen molar-refractivity contribution in [2.75, 3.05) is 13.1 Å². The topological polar surface area (TPSA) is 131 Å². The molecule has 0 aliphatic heterocycles. The van der Waals surface area contributed by atoms with E-state index in [-0.39, 0.29) is 25.3 Å². The predicted octanol–water partition coefficient (Wildman–Crippen LogP) is 2.96. The molecule has 0 aromatic heterocycles. The molecule has 0 aliphatic carbocycles. The third-order valence-corrected chi connectivity index (χ3v) is 5.16. The Morgan fingerprint density at radius 3 is 2.29 bits per heavy atom. The number of nitrogens with two attached hydrogens (primary N) is 1. The van der Waals surface area contributed by atoms with Crippen molar-refractivity contribution in [1.82, 2.24) is 15.5 Å². The summed E-state index contributed by atoms with van der Waals surface area (Å²) in [6, 6.07) is 5.39. The van der Waals surface area contributed by atoms with Crippen LogP contribution in [0, 0.1) is 6.92 Å². The first-order valence-corrected chi connectivity index (χ1v) is 11.8. The quantitative estimate of drug-likeness (QED) is 0.399. The van der Waals surface area contributed by atoms with Gasteiger partial charge in [0, 0.05) is 19.5 Å². The van der Waals surface area contributed by atoms with Gasteiger partial charge in [0.2, 0.25) is 17.7 Å². The molecule has 0 fully saturated rings. The molecule has 2 atom stereocenters. The van der Waals surface area contributed by atoms with Crippen molar-refractivity contribution < 1.29 is 23.9 Å². The number of hydrogen-bond donors (Lipinski definition) is 3. The minimum Gasteiger partial charge on any atom is -0.444 e. The second-order valence-corrected chi connectivity index (χ2v) is 9.23. The minimum atomic E-state index is -1.09. The Bertz CT molecular complexity index is 850. The molecule has 34 heavy (non-hydrogen) atoms. The highest BCUT2D eigenvalue weighted by atomic mass is 16.6. The maximum atomic E-state index is 13.7. The van der Waals surface area contributed by atoms with E-state index in [1.54, 1.807) is 27.7 Å². The average molecular weight is 477 g/mol. The van der Waals surface area contributed by atoms with E-state index in [1.165, 1.54) is 4.90 Å². The molecule has 4 N–H and O–H groups in total. The fourth-order valence-corrected chi connectivity index (χ4v) is 3.49. The molecule has 0 aliphatic rings. The number of hydrogen-bond acceptors (Lipinski definition) is 5. The largest absolute Gasteiger partial charge is 0.444 e. The lowest BCUT2D eigenvalue weighted by Gasteiger charge is -2.34. The van der Waals surface area contributed by atoms with Crippen LogP contribution >= 0.6 is 0 Å². The molecule has 2 unspecified atom stereocenters. The van der Waals surface area contributed by atoms with Gasteiger partial charge in [-0.3, -0.25) is 14.4 Å². The molecule has 1 aromatic carbocycles. The van der Waals surface area contributed by atoms with Gasteiger partial charge in [0.15, 0.2) is 0 Å². The minimum absolute atomic E-state index is 0.0120. The van der Waals surface area contributed by atoms with Crippen LogP contribution in [0.1, 0.15) is 77.5 Å². The van der Waals surface area contributed by atoms with Gasteiger partial charge < -0.3 is 26.0 Å². The number of alkyl carbamates (subject to hydrolysis) is 1. The smallest absolute Gasteiger partial charge is 0.408 e. The predicted molar refractivity (Wildman–Crippen MR) is 131 cm³/mol. The summed E-state index contributed by atoms with van der Waals surface area (Å²) < 4.78 is 5.30. The van der Waals surface area contributed by atoms with Crippen LogP contribution in [0.5, 0.6) is 0 Å². The highest BCUT2D eigenvalue weighted by molar-refractivity contribution is 5.92. The first kappa shape index (κ1) is 28.9. The lowest BCUT2D eigenvalue weighted by atomic mass is 9.97. The van der Waals surface area contributed by atoms with Gasteiger partial charge in [0.05, 0.1) is 0 Å². The van der Waals surface area contributed by atoms with Crippen molar-refractivity contribution >= 4 is 23.8 Å². The van der Waals surface area contributed by atoms with Crippen LogP contribution in [0.25, 0.3) is 0 Å². The number of ether oxygens (including phenoxy) is 1. The van der Waals surface area contributed by atoms with Crippen LogP contribution in [0.15, 0.2) is 24.3 Å². The highest BCUT2D eigenvalue weighted by Crippen LogP contribution is 2.26. The Morgan fingerprint density at radius 2 is 1.76 bits per heavy atom. The number of benzene rings is 1. The molecule has 0 saturated heterocycles. The summed E-state index contributed by atoms with van der Waals surface area (Å²) in [5.41, 5.74) is 6.08. The van der Waals surface area contributed by atoms with Crippen molar-refractivity contribution in [2.24, 2.45) is 5.73 Å². The highest BCUT2D eigenvalue weighted by Gasteiger charge is 2.36. The Balaban J connectivity index is 3.32. The van der Waals surface area contributed by atoms with Crippen molar-refractivity contribution in [3.05, 3.63) is 35.4 Å². The van der Waals surface area contributed by atoms with Crippen molar-refractivity contribution in [3.8, 4) is 0 Å². The van der Waals surface area contributed by atoms with Crippen LogP contribution in [0.3, 0.4) is 0 Å². The molecule has 190 valence electrons. The van der Waals surface area contributed by atoms with E-state index >= 15 is 0 Å². The van der Waals surface area contributed by atoms with Crippen LogP contribution in [-0.2, 0) is 19.1 Å². The number of likely N-dealkylation sites (N-methyl/N-ethyl adjacent to an activating group) is 1. The molecular weight excluding hydrogens is 436 g/mol. The lowest BCUT2D eigenvalue weighted by molar-refractivity contribution is -0.142. The van der Waals surface area contributed by atoms with E-state index in [1.807, 2.05) is 38.1 Å². The average Bonchev–Trinajstić information content (AvgIpc) is 2.73. The zero-order valence-electron chi connectivity index (χ0n) is 21.3. The molecule has 9 nitrogen and oxygen atoms in total. The van der Waals surface area contributed by atoms with Gasteiger partial charge in [-0.1, -0.05) is 37.6 Å². The number of amides is 4. The van der Waals surface area contributed by atoms with Crippen molar-refractivity contribution in [2.45, 2.75) is 84.9 Å². The van der Waals surface area contributed by atoms with Crippen LogP contribution < -0.4 is 16.4 Å². The molecule has 0 saturated carbocycles. The molecule has 9 heteroatoms. The number of carbonyl (C=O) groups is 4. The van der Waals surface area contributed by atoms with Gasteiger partial charge in [-0.25, -0.2) is 4.79 Å². The number of primary amides is 1. The number of rotatable bonds is 12. The molecule has 0 heterocycles. The first-order valence-electron chi connectivity index (χ1n) is 11.8. The Hall–Kier alpha value is -3.10. The van der Waals surface area contributed by atoms with Crippen molar-refractivity contribution in [3.63, 3.8) is 0 Å². The molecule has 1 rings (SSSR count). The van der Waals surface area contributed by atoms with Gasteiger partial charge in [-0.15, -0.1) is 0 Å². The summed E-state index contributed by atoms with van der Waals surface area (Å²) >= 11 is 0. The third-order valence-electron chi connectivity index (χ3n) is 5.16. The monoisotopic (exact) mass is 476 g/mol. The summed E-state index contributed by atoms with van der Waals surface area (Å²) in [4.78, 5) is 52.2. The van der Waals surface area contributed by atoms with Gasteiger partial charge in [0.25, 0.3) is 0 Å². The van der Waals surface area contributed by atoms with E-state index in [9.17, 15) is 19.2 Å². The summed E-state index contributed by atoms with van der Waals surface area (Å²) in [6.07, 6.45) is 0.823. The number of unbranched alkanes of at least 4 members (excludes halogenated alkanes) is 1. The van der Waals surface area contributed by atoms with Crippen LogP contribution in [-0.4, -0.2) is 53.4 Å². The zero-order chi connectivity index (χ0) is 25.9. The third kappa shape index (κ3) is 9.41. The summed E-state index contributed by atoms with van der Waals surface area (Å²) in [6.45, 7) is 11.5. The number of nitrogens with one attached hydrogen (secondary N) is 2. The second-order valence-electron chi connectivity index (χ2n) is 9.23. The van der Waals surface area contributed by atoms with Gasteiger partial charge in [-0.05, 0) is 58.6 Å². The van der Waals surface area contributed by atoms with Crippen LogP contribution in [0.4, 0.5) is 4.79 Å². The second kappa shape index (κ2) is 13.6. The zero-order valence-corrected chi connectivity index (χ0v) is 21.3. The molecule has 4 amide bonds. The van der Waals surface area contributed by atoms with Crippen LogP contribution in [0.2, 0.25) is 0 Å². The lowest BCUT2D eigenvalue weighted by Crippen LogP contribution is -2.53. The van der Waals surface area contributed by atoms with Gasteiger partial charge in [-0.2, -0.15) is 0 Å². The van der Waals surface area contributed by atoms with Crippen molar-refractivity contribution in [1.29, 1.82) is 0 Å². The maximum Gasteiger partial charge on any atom is 0.408 e. The van der Waals surface area contributed by atoms with E-state index in [0.29, 0.717) is 12.1 Å². The fraction of sp³-hybridized carbons (Fsp3) is 0.600. The SMILES string of the molecule is CCCCNC(=O)C(c1ccccc1C)N(CC)C(=O)C(CCC(N)=O)NC(=O)OC(C)(C)C. The summed E-state index contributed by atoms with van der Waals surface area (Å²) in [5.74, 6) is -1.39.